The summed E-state index contributed by atoms with van der Waals surface area (Å²) in [7, 11) is 0. The molecule has 0 aliphatic carbocycles. The number of nitrogens with two attached hydrogens (primary N) is 1. The van der Waals surface area contributed by atoms with Crippen LogP contribution in [0.4, 0.5) is 0 Å². The van der Waals surface area contributed by atoms with E-state index in [0.29, 0.717) is 6.54 Å². The summed E-state index contributed by atoms with van der Waals surface area (Å²) < 4.78 is 0. The van der Waals surface area contributed by atoms with Crippen molar-refractivity contribution in [1.82, 2.24) is 4.98 Å². The van der Waals surface area contributed by atoms with Gasteiger partial charge in [0.15, 0.2) is 0 Å². The molecule has 3 heteroatoms. The lowest BCUT2D eigenvalue weighted by atomic mass is 9.93. The second kappa shape index (κ2) is 4.59. The number of benzene rings is 1. The van der Waals surface area contributed by atoms with Crippen molar-refractivity contribution in [3.8, 4) is 10.6 Å². The van der Waals surface area contributed by atoms with Crippen LogP contribution in [0.5, 0.6) is 0 Å². The van der Waals surface area contributed by atoms with Crippen molar-refractivity contribution in [3.05, 3.63) is 40.9 Å². The van der Waals surface area contributed by atoms with E-state index in [2.05, 4.69) is 50.4 Å². The Morgan fingerprint density at radius 3 is 2.29 bits per heavy atom. The first-order valence-electron chi connectivity index (χ1n) is 5.76. The van der Waals surface area contributed by atoms with Gasteiger partial charge in [0, 0.05) is 22.9 Å². The van der Waals surface area contributed by atoms with Crippen LogP contribution in [0.1, 0.15) is 32.0 Å². The summed E-state index contributed by atoms with van der Waals surface area (Å²) in [5, 5.41) is 3.23. The van der Waals surface area contributed by atoms with Crippen molar-refractivity contribution in [3.63, 3.8) is 0 Å². The summed E-state index contributed by atoms with van der Waals surface area (Å²) in [6.07, 6.45) is 0. The van der Waals surface area contributed by atoms with Crippen LogP contribution < -0.4 is 5.73 Å². The average Bonchev–Trinajstić information content (AvgIpc) is 2.78. The minimum Gasteiger partial charge on any atom is -0.326 e. The Hall–Kier alpha value is -1.19. The minimum atomic E-state index is 0.117. The Labute approximate surface area is 107 Å². The molecule has 0 spiro atoms. The van der Waals surface area contributed by atoms with Crippen molar-refractivity contribution in [2.24, 2.45) is 5.73 Å². The van der Waals surface area contributed by atoms with Gasteiger partial charge in [0.25, 0.3) is 0 Å². The number of aromatic nitrogens is 1. The van der Waals surface area contributed by atoms with Crippen molar-refractivity contribution in [2.45, 2.75) is 32.7 Å². The van der Waals surface area contributed by atoms with Crippen molar-refractivity contribution in [1.29, 1.82) is 0 Å². The summed E-state index contributed by atoms with van der Waals surface area (Å²) in [5.41, 5.74) is 9.18. The average molecular weight is 246 g/mol. The molecule has 0 saturated heterocycles. The SMILES string of the molecule is CC(C)(C)c1csc(-c2ccc(CN)cc2)n1. The lowest BCUT2D eigenvalue weighted by Gasteiger charge is -2.14. The van der Waals surface area contributed by atoms with Gasteiger partial charge in [0.2, 0.25) is 0 Å². The molecule has 1 heterocycles. The van der Waals surface area contributed by atoms with Crippen molar-refractivity contribution in [2.75, 3.05) is 0 Å². The fraction of sp³-hybridized carbons (Fsp3) is 0.357. The third-order valence-corrected chi connectivity index (χ3v) is 3.60. The van der Waals surface area contributed by atoms with Gasteiger partial charge in [-0.15, -0.1) is 11.3 Å². The van der Waals surface area contributed by atoms with Gasteiger partial charge in [-0.25, -0.2) is 4.98 Å². The van der Waals surface area contributed by atoms with E-state index >= 15 is 0 Å². The van der Waals surface area contributed by atoms with Crippen LogP contribution in [0.15, 0.2) is 29.6 Å². The predicted octanol–water partition coefficient (Wildman–Crippen LogP) is 3.57. The summed E-state index contributed by atoms with van der Waals surface area (Å²) >= 11 is 1.70. The maximum atomic E-state index is 5.59. The summed E-state index contributed by atoms with van der Waals surface area (Å²) in [6.45, 7) is 7.14. The second-order valence-corrected chi connectivity index (χ2v) is 6.05. The zero-order chi connectivity index (χ0) is 12.5. The minimum absolute atomic E-state index is 0.117. The van der Waals surface area contributed by atoms with Crippen LogP contribution in [0, 0.1) is 0 Å². The van der Waals surface area contributed by atoms with Crippen LogP contribution in [0.2, 0.25) is 0 Å². The van der Waals surface area contributed by atoms with Gasteiger partial charge < -0.3 is 5.73 Å². The maximum Gasteiger partial charge on any atom is 0.123 e. The van der Waals surface area contributed by atoms with Gasteiger partial charge in [-0.2, -0.15) is 0 Å². The monoisotopic (exact) mass is 246 g/mol. The number of hydrogen-bond acceptors (Lipinski definition) is 3. The molecule has 1 aromatic carbocycles. The predicted molar refractivity (Wildman–Crippen MR) is 74.1 cm³/mol. The summed E-state index contributed by atoms with van der Waals surface area (Å²) in [6, 6.07) is 8.31. The highest BCUT2D eigenvalue weighted by Gasteiger charge is 2.17. The fourth-order valence-electron chi connectivity index (χ4n) is 1.53. The Bertz CT molecular complexity index is 492. The molecule has 0 saturated carbocycles. The van der Waals surface area contributed by atoms with Gasteiger partial charge in [-0.3, -0.25) is 0 Å². The quantitative estimate of drug-likeness (QED) is 0.880. The van der Waals surface area contributed by atoms with Crippen LogP contribution >= 0.6 is 11.3 Å². The molecule has 17 heavy (non-hydrogen) atoms. The van der Waals surface area contributed by atoms with Crippen molar-refractivity contribution >= 4 is 11.3 Å². The molecule has 1 aromatic heterocycles. The van der Waals surface area contributed by atoms with E-state index in [1.807, 2.05) is 0 Å². The fourth-order valence-corrected chi connectivity index (χ4v) is 2.59. The van der Waals surface area contributed by atoms with Gasteiger partial charge in [-0.05, 0) is 5.56 Å². The van der Waals surface area contributed by atoms with E-state index in [4.69, 9.17) is 10.7 Å². The molecule has 2 N–H and O–H groups in total. The zero-order valence-electron chi connectivity index (χ0n) is 10.5. The molecule has 90 valence electrons. The summed E-state index contributed by atoms with van der Waals surface area (Å²) in [5.74, 6) is 0. The number of rotatable bonds is 2. The van der Waals surface area contributed by atoms with Gasteiger partial charge >= 0.3 is 0 Å². The smallest absolute Gasteiger partial charge is 0.123 e. The highest BCUT2D eigenvalue weighted by atomic mass is 32.1. The molecule has 2 aromatic rings. The Morgan fingerprint density at radius 1 is 1.18 bits per heavy atom. The third kappa shape index (κ3) is 2.73. The normalized spacial score (nSPS) is 11.8. The molecule has 0 radical (unpaired) electrons. The molecule has 0 fully saturated rings. The molecular formula is C14H18N2S. The molecule has 0 aliphatic rings. The molecule has 0 amide bonds. The standard InChI is InChI=1S/C14H18N2S/c1-14(2,3)12-9-17-13(16-12)11-6-4-10(8-15)5-7-11/h4-7,9H,8,15H2,1-3H3. The topological polar surface area (TPSA) is 38.9 Å². The van der Waals surface area contributed by atoms with Crippen LogP contribution in [-0.2, 0) is 12.0 Å². The lowest BCUT2D eigenvalue weighted by Crippen LogP contribution is -2.11. The Morgan fingerprint density at radius 2 is 1.82 bits per heavy atom. The highest BCUT2D eigenvalue weighted by molar-refractivity contribution is 7.13. The van der Waals surface area contributed by atoms with E-state index in [1.54, 1.807) is 11.3 Å². The van der Waals surface area contributed by atoms with E-state index < -0.39 is 0 Å². The van der Waals surface area contributed by atoms with E-state index in [0.717, 1.165) is 16.3 Å². The largest absolute Gasteiger partial charge is 0.326 e. The van der Waals surface area contributed by atoms with E-state index in [9.17, 15) is 0 Å². The molecule has 0 atom stereocenters. The molecule has 0 aliphatic heterocycles. The van der Waals surface area contributed by atoms with Gasteiger partial charge in [0.1, 0.15) is 5.01 Å². The molecule has 2 rings (SSSR count). The zero-order valence-corrected chi connectivity index (χ0v) is 11.3. The number of thiazole rings is 1. The first-order valence-corrected chi connectivity index (χ1v) is 6.64. The molecule has 0 unspecified atom stereocenters. The van der Waals surface area contributed by atoms with Crippen LogP contribution in [0.25, 0.3) is 10.6 Å². The van der Waals surface area contributed by atoms with E-state index in [-0.39, 0.29) is 5.41 Å². The number of hydrogen-bond donors (Lipinski definition) is 1. The van der Waals surface area contributed by atoms with Crippen LogP contribution in [0.3, 0.4) is 0 Å². The van der Waals surface area contributed by atoms with Crippen LogP contribution in [-0.4, -0.2) is 4.98 Å². The first-order chi connectivity index (χ1) is 8.00. The molecular weight excluding hydrogens is 228 g/mol. The Kier molecular flexibility index (Phi) is 3.31. The van der Waals surface area contributed by atoms with Gasteiger partial charge in [-0.1, -0.05) is 45.0 Å². The molecule has 0 bridgehead atoms. The van der Waals surface area contributed by atoms with E-state index in [1.165, 1.54) is 5.56 Å². The van der Waals surface area contributed by atoms with Gasteiger partial charge in [0.05, 0.1) is 5.69 Å². The highest BCUT2D eigenvalue weighted by Crippen LogP contribution is 2.29. The molecule has 2 nitrogen and oxygen atoms in total. The first kappa shape index (κ1) is 12.3. The van der Waals surface area contributed by atoms with Crippen molar-refractivity contribution < 1.29 is 0 Å². The maximum absolute atomic E-state index is 5.59. The number of nitrogens with zero attached hydrogens (tertiary/aromatic N) is 1. The second-order valence-electron chi connectivity index (χ2n) is 5.19. The Balaban J connectivity index is 2.30. The summed E-state index contributed by atoms with van der Waals surface area (Å²) in [4.78, 5) is 4.69. The lowest BCUT2D eigenvalue weighted by molar-refractivity contribution is 0.573. The third-order valence-electron chi connectivity index (χ3n) is 2.71.